The Kier molecular flexibility index (Phi) is 5.03. The molecule has 0 radical (unpaired) electrons. The number of sulfone groups is 1. The third-order valence-corrected chi connectivity index (χ3v) is 4.59. The molecule has 0 heterocycles. The monoisotopic (exact) mass is 369 g/mol. The van der Waals surface area contributed by atoms with E-state index in [1.807, 2.05) is 24.3 Å². The normalized spacial score (nSPS) is 12.9. The van der Waals surface area contributed by atoms with Gasteiger partial charge in [0.25, 0.3) is 0 Å². The Morgan fingerprint density at radius 2 is 1.86 bits per heavy atom. The second-order valence-electron chi connectivity index (χ2n) is 4.64. The summed E-state index contributed by atoms with van der Waals surface area (Å²) in [4.78, 5) is 0.265. The van der Waals surface area contributed by atoms with Gasteiger partial charge in [-0.2, -0.15) is 0 Å². The fourth-order valence-corrected chi connectivity index (χ4v) is 2.94. The van der Waals surface area contributed by atoms with E-state index in [4.69, 9.17) is 10.5 Å². The Balaban J connectivity index is 2.19. The number of nitrogens with two attached hydrogens (primary N) is 1. The van der Waals surface area contributed by atoms with Crippen molar-refractivity contribution in [2.45, 2.75) is 11.0 Å². The standard InChI is InChI=1S/C15H16BrNO3S/c1-21(18,19)14-7-5-13(6-8-14)20-15(10-17)11-3-2-4-12(16)9-11/h2-9,15H,10,17H2,1H3. The van der Waals surface area contributed by atoms with Gasteiger partial charge in [-0.15, -0.1) is 0 Å². The molecule has 0 fully saturated rings. The summed E-state index contributed by atoms with van der Waals surface area (Å²) < 4.78 is 29.6. The Morgan fingerprint density at radius 1 is 1.19 bits per heavy atom. The highest BCUT2D eigenvalue weighted by molar-refractivity contribution is 9.10. The van der Waals surface area contributed by atoms with Gasteiger partial charge >= 0.3 is 0 Å². The number of halogens is 1. The molecule has 0 aliphatic carbocycles. The van der Waals surface area contributed by atoms with Gasteiger partial charge in [0, 0.05) is 17.3 Å². The van der Waals surface area contributed by atoms with E-state index in [2.05, 4.69) is 15.9 Å². The van der Waals surface area contributed by atoms with Crippen LogP contribution in [0, 0.1) is 0 Å². The SMILES string of the molecule is CS(=O)(=O)c1ccc(OC(CN)c2cccc(Br)c2)cc1. The van der Waals surface area contributed by atoms with Crippen molar-refractivity contribution in [3.63, 3.8) is 0 Å². The number of hydrogen-bond acceptors (Lipinski definition) is 4. The van der Waals surface area contributed by atoms with Crippen molar-refractivity contribution in [2.75, 3.05) is 12.8 Å². The lowest BCUT2D eigenvalue weighted by Gasteiger charge is -2.18. The Labute approximate surface area is 133 Å². The predicted molar refractivity (Wildman–Crippen MR) is 86.1 cm³/mol. The molecule has 0 saturated carbocycles. The van der Waals surface area contributed by atoms with Crippen molar-refractivity contribution in [2.24, 2.45) is 5.73 Å². The van der Waals surface area contributed by atoms with Gasteiger partial charge in [0.15, 0.2) is 9.84 Å². The van der Waals surface area contributed by atoms with Crippen molar-refractivity contribution in [3.8, 4) is 5.75 Å². The molecule has 0 spiro atoms. The largest absolute Gasteiger partial charge is 0.484 e. The number of rotatable bonds is 5. The summed E-state index contributed by atoms with van der Waals surface area (Å²) in [6.45, 7) is 0.324. The molecule has 0 aromatic heterocycles. The molecule has 2 aromatic carbocycles. The van der Waals surface area contributed by atoms with Crippen LogP contribution in [0.25, 0.3) is 0 Å². The minimum Gasteiger partial charge on any atom is -0.484 e. The lowest BCUT2D eigenvalue weighted by Crippen LogP contribution is -2.18. The van der Waals surface area contributed by atoms with Crippen LogP contribution in [0.3, 0.4) is 0 Å². The highest BCUT2D eigenvalue weighted by Crippen LogP contribution is 2.24. The molecule has 2 N–H and O–H groups in total. The molecule has 1 atom stereocenters. The van der Waals surface area contributed by atoms with Crippen molar-refractivity contribution in [3.05, 3.63) is 58.6 Å². The average Bonchev–Trinajstić information content (AvgIpc) is 2.44. The molecule has 0 amide bonds. The zero-order valence-corrected chi connectivity index (χ0v) is 13.9. The maximum absolute atomic E-state index is 11.4. The van der Waals surface area contributed by atoms with E-state index in [1.165, 1.54) is 18.4 Å². The first-order valence-electron chi connectivity index (χ1n) is 6.32. The van der Waals surface area contributed by atoms with E-state index < -0.39 is 9.84 Å². The minimum absolute atomic E-state index is 0.265. The fourth-order valence-electron chi connectivity index (χ4n) is 1.89. The van der Waals surface area contributed by atoms with E-state index in [0.29, 0.717) is 12.3 Å². The molecule has 4 nitrogen and oxygen atoms in total. The highest BCUT2D eigenvalue weighted by Gasteiger charge is 2.13. The van der Waals surface area contributed by atoms with E-state index >= 15 is 0 Å². The summed E-state index contributed by atoms with van der Waals surface area (Å²) in [7, 11) is -3.20. The van der Waals surface area contributed by atoms with Gasteiger partial charge in [-0.1, -0.05) is 28.1 Å². The third-order valence-electron chi connectivity index (χ3n) is 2.96. The molecule has 21 heavy (non-hydrogen) atoms. The highest BCUT2D eigenvalue weighted by atomic mass is 79.9. The zero-order chi connectivity index (χ0) is 15.5. The smallest absolute Gasteiger partial charge is 0.175 e. The molecule has 0 aliphatic rings. The first-order valence-corrected chi connectivity index (χ1v) is 9.01. The van der Waals surface area contributed by atoms with Crippen LogP contribution < -0.4 is 10.5 Å². The molecule has 0 aliphatic heterocycles. The van der Waals surface area contributed by atoms with Crippen molar-refractivity contribution >= 4 is 25.8 Å². The maximum atomic E-state index is 11.4. The molecular formula is C15H16BrNO3S. The van der Waals surface area contributed by atoms with Crippen LogP contribution in [0.15, 0.2) is 57.9 Å². The molecule has 112 valence electrons. The summed E-state index contributed by atoms with van der Waals surface area (Å²) in [6.07, 6.45) is 0.888. The zero-order valence-electron chi connectivity index (χ0n) is 11.5. The van der Waals surface area contributed by atoms with Crippen LogP contribution >= 0.6 is 15.9 Å². The second kappa shape index (κ2) is 6.60. The topological polar surface area (TPSA) is 69.4 Å². The van der Waals surface area contributed by atoms with Gasteiger partial charge in [0.05, 0.1) is 4.90 Å². The summed E-state index contributed by atoms with van der Waals surface area (Å²) in [5.41, 5.74) is 6.72. The number of ether oxygens (including phenoxy) is 1. The van der Waals surface area contributed by atoms with Gasteiger partial charge in [0.2, 0.25) is 0 Å². The van der Waals surface area contributed by atoms with Gasteiger partial charge in [-0.3, -0.25) is 0 Å². The summed E-state index contributed by atoms with van der Waals surface area (Å²) >= 11 is 3.41. The van der Waals surface area contributed by atoms with Crippen LogP contribution in [0.2, 0.25) is 0 Å². The van der Waals surface area contributed by atoms with Crippen LogP contribution in [-0.2, 0) is 9.84 Å². The van der Waals surface area contributed by atoms with Crippen LogP contribution in [0.5, 0.6) is 5.75 Å². The molecular weight excluding hydrogens is 354 g/mol. The van der Waals surface area contributed by atoms with Crippen molar-refractivity contribution in [1.82, 2.24) is 0 Å². The molecule has 1 unspecified atom stereocenters. The van der Waals surface area contributed by atoms with E-state index in [0.717, 1.165) is 10.0 Å². The minimum atomic E-state index is -3.20. The van der Waals surface area contributed by atoms with Gasteiger partial charge in [-0.05, 0) is 42.0 Å². The predicted octanol–water partition coefficient (Wildman–Crippen LogP) is 2.93. The van der Waals surface area contributed by atoms with Gasteiger partial charge in [0.1, 0.15) is 11.9 Å². The lowest BCUT2D eigenvalue weighted by atomic mass is 10.1. The molecule has 0 saturated heterocycles. The van der Waals surface area contributed by atoms with E-state index in [1.54, 1.807) is 12.1 Å². The molecule has 2 aromatic rings. The average molecular weight is 370 g/mol. The van der Waals surface area contributed by atoms with Crippen LogP contribution in [0.1, 0.15) is 11.7 Å². The first-order chi connectivity index (χ1) is 9.90. The Bertz CT molecular complexity index is 714. The maximum Gasteiger partial charge on any atom is 0.175 e. The fraction of sp³-hybridized carbons (Fsp3) is 0.200. The second-order valence-corrected chi connectivity index (χ2v) is 7.57. The van der Waals surface area contributed by atoms with E-state index in [9.17, 15) is 8.42 Å². The Morgan fingerprint density at radius 3 is 2.38 bits per heavy atom. The van der Waals surface area contributed by atoms with Gasteiger partial charge < -0.3 is 10.5 Å². The van der Waals surface area contributed by atoms with Gasteiger partial charge in [-0.25, -0.2) is 8.42 Å². The summed E-state index contributed by atoms with van der Waals surface area (Å²) in [5.74, 6) is 0.581. The van der Waals surface area contributed by atoms with Crippen LogP contribution in [-0.4, -0.2) is 21.2 Å². The number of hydrogen-bond donors (Lipinski definition) is 1. The first kappa shape index (κ1) is 16.0. The summed E-state index contributed by atoms with van der Waals surface area (Å²) in [5, 5.41) is 0. The quantitative estimate of drug-likeness (QED) is 0.879. The van der Waals surface area contributed by atoms with Crippen LogP contribution in [0.4, 0.5) is 0 Å². The van der Waals surface area contributed by atoms with Crippen molar-refractivity contribution in [1.29, 1.82) is 0 Å². The lowest BCUT2D eigenvalue weighted by molar-refractivity contribution is 0.214. The number of benzene rings is 2. The third kappa shape index (κ3) is 4.30. The van der Waals surface area contributed by atoms with Crippen molar-refractivity contribution < 1.29 is 13.2 Å². The molecule has 6 heteroatoms. The summed E-state index contributed by atoms with van der Waals surface area (Å²) in [6, 6.07) is 14.1. The molecule has 2 rings (SSSR count). The van der Waals surface area contributed by atoms with E-state index in [-0.39, 0.29) is 11.0 Å². The molecule has 0 bridgehead atoms. The Hall–Kier alpha value is -1.37.